The van der Waals surface area contributed by atoms with E-state index in [2.05, 4.69) is 13.8 Å². The molecule has 2 nitrogen and oxygen atoms in total. The molecule has 58 valence electrons. The molecule has 0 spiro atoms. The first-order valence-corrected chi connectivity index (χ1v) is 3.78. The molecule has 0 atom stereocenters. The van der Waals surface area contributed by atoms with Crippen LogP contribution in [0.5, 0.6) is 0 Å². The standard InChI is InChI=1S/C8H15NO/c1-8(2)4-6(5-8)3-7(9)10/h6H,3-5H2,1-2H3,(H2,9,10). The summed E-state index contributed by atoms with van der Waals surface area (Å²) in [5.41, 5.74) is 5.52. The van der Waals surface area contributed by atoms with Crippen LogP contribution in [0.1, 0.15) is 33.1 Å². The highest BCUT2D eigenvalue weighted by atomic mass is 16.1. The van der Waals surface area contributed by atoms with Gasteiger partial charge in [-0.1, -0.05) is 13.8 Å². The lowest BCUT2D eigenvalue weighted by molar-refractivity contribution is -0.120. The number of hydrogen-bond donors (Lipinski definition) is 1. The molecule has 0 unspecified atom stereocenters. The molecule has 0 bridgehead atoms. The molecule has 0 aromatic carbocycles. The zero-order valence-corrected chi connectivity index (χ0v) is 6.68. The Morgan fingerprint density at radius 3 is 2.40 bits per heavy atom. The average molecular weight is 141 g/mol. The topological polar surface area (TPSA) is 43.1 Å². The maximum absolute atomic E-state index is 10.4. The Kier molecular flexibility index (Phi) is 1.71. The fraction of sp³-hybridized carbons (Fsp3) is 0.875. The van der Waals surface area contributed by atoms with Gasteiger partial charge in [-0.3, -0.25) is 4.79 Å². The van der Waals surface area contributed by atoms with Gasteiger partial charge >= 0.3 is 0 Å². The van der Waals surface area contributed by atoms with Crippen molar-refractivity contribution in [3.8, 4) is 0 Å². The van der Waals surface area contributed by atoms with Gasteiger partial charge in [0.1, 0.15) is 0 Å². The minimum absolute atomic E-state index is 0.152. The Bertz CT molecular complexity index is 143. The van der Waals surface area contributed by atoms with Crippen LogP contribution in [0.15, 0.2) is 0 Å². The van der Waals surface area contributed by atoms with Gasteiger partial charge in [-0.05, 0) is 24.2 Å². The first-order valence-electron chi connectivity index (χ1n) is 3.78. The van der Waals surface area contributed by atoms with Crippen molar-refractivity contribution >= 4 is 5.91 Å². The van der Waals surface area contributed by atoms with E-state index in [1.54, 1.807) is 0 Å². The zero-order chi connectivity index (χ0) is 7.78. The Morgan fingerprint density at radius 2 is 2.10 bits per heavy atom. The van der Waals surface area contributed by atoms with Crippen LogP contribution >= 0.6 is 0 Å². The van der Waals surface area contributed by atoms with Crippen LogP contribution in [0.3, 0.4) is 0 Å². The fourth-order valence-corrected chi connectivity index (χ4v) is 1.93. The second-order valence-electron chi connectivity index (χ2n) is 4.11. The van der Waals surface area contributed by atoms with Crippen molar-refractivity contribution in [3.05, 3.63) is 0 Å². The summed E-state index contributed by atoms with van der Waals surface area (Å²) in [5.74, 6) is 0.424. The molecular weight excluding hydrogens is 126 g/mol. The zero-order valence-electron chi connectivity index (χ0n) is 6.68. The third-order valence-electron chi connectivity index (χ3n) is 2.17. The molecular formula is C8H15NO. The van der Waals surface area contributed by atoms with Gasteiger partial charge in [0, 0.05) is 6.42 Å². The number of primary amides is 1. The monoisotopic (exact) mass is 141 g/mol. The molecule has 1 aliphatic carbocycles. The van der Waals surface area contributed by atoms with Gasteiger partial charge in [0.05, 0.1) is 0 Å². The smallest absolute Gasteiger partial charge is 0.217 e. The van der Waals surface area contributed by atoms with Gasteiger partial charge in [-0.15, -0.1) is 0 Å². The first-order chi connectivity index (χ1) is 4.49. The lowest BCUT2D eigenvalue weighted by atomic mass is 9.63. The maximum Gasteiger partial charge on any atom is 0.217 e. The quantitative estimate of drug-likeness (QED) is 0.618. The van der Waals surface area contributed by atoms with E-state index in [9.17, 15) is 4.79 Å². The molecule has 1 aliphatic rings. The number of amides is 1. The third-order valence-corrected chi connectivity index (χ3v) is 2.17. The molecule has 10 heavy (non-hydrogen) atoms. The minimum atomic E-state index is -0.152. The number of nitrogens with two attached hydrogens (primary N) is 1. The van der Waals surface area contributed by atoms with E-state index in [0.717, 1.165) is 12.8 Å². The lowest BCUT2D eigenvalue weighted by Crippen LogP contribution is -2.34. The van der Waals surface area contributed by atoms with Crippen LogP contribution in [0.2, 0.25) is 0 Å². The van der Waals surface area contributed by atoms with Crippen molar-refractivity contribution in [1.29, 1.82) is 0 Å². The molecule has 1 amide bonds. The van der Waals surface area contributed by atoms with E-state index in [1.165, 1.54) is 0 Å². The highest BCUT2D eigenvalue weighted by Crippen LogP contribution is 2.45. The summed E-state index contributed by atoms with van der Waals surface area (Å²) in [6.07, 6.45) is 2.91. The van der Waals surface area contributed by atoms with Gasteiger partial charge in [0.15, 0.2) is 0 Å². The Hall–Kier alpha value is -0.530. The van der Waals surface area contributed by atoms with Gasteiger partial charge in [-0.25, -0.2) is 0 Å². The SMILES string of the molecule is CC1(C)CC(CC(N)=O)C1. The minimum Gasteiger partial charge on any atom is -0.370 e. The fourth-order valence-electron chi connectivity index (χ4n) is 1.93. The van der Waals surface area contributed by atoms with Gasteiger partial charge in [0.2, 0.25) is 5.91 Å². The van der Waals surface area contributed by atoms with Crippen LogP contribution in [0, 0.1) is 11.3 Å². The van der Waals surface area contributed by atoms with Gasteiger partial charge in [0.25, 0.3) is 0 Å². The molecule has 1 saturated carbocycles. The van der Waals surface area contributed by atoms with Crippen molar-refractivity contribution in [3.63, 3.8) is 0 Å². The number of carbonyl (C=O) groups excluding carboxylic acids is 1. The first kappa shape index (κ1) is 7.58. The van der Waals surface area contributed by atoms with Gasteiger partial charge < -0.3 is 5.73 Å². The average Bonchev–Trinajstić information content (AvgIpc) is 1.57. The van der Waals surface area contributed by atoms with E-state index in [-0.39, 0.29) is 5.91 Å². The molecule has 0 saturated heterocycles. The van der Waals surface area contributed by atoms with Crippen LogP contribution in [-0.2, 0) is 4.79 Å². The summed E-state index contributed by atoms with van der Waals surface area (Å²) < 4.78 is 0. The van der Waals surface area contributed by atoms with Crippen molar-refractivity contribution < 1.29 is 4.79 Å². The number of rotatable bonds is 2. The molecule has 2 N–H and O–H groups in total. The molecule has 0 radical (unpaired) electrons. The third kappa shape index (κ3) is 1.72. The lowest BCUT2D eigenvalue weighted by Gasteiger charge is -2.42. The number of carbonyl (C=O) groups is 1. The highest BCUT2D eigenvalue weighted by Gasteiger charge is 2.36. The Morgan fingerprint density at radius 1 is 1.60 bits per heavy atom. The summed E-state index contributed by atoms with van der Waals surface area (Å²) in [6, 6.07) is 0. The summed E-state index contributed by atoms with van der Waals surface area (Å²) in [7, 11) is 0. The van der Waals surface area contributed by atoms with Crippen molar-refractivity contribution in [2.45, 2.75) is 33.1 Å². The molecule has 0 aromatic heterocycles. The normalized spacial score (nSPS) is 23.8. The molecule has 1 rings (SSSR count). The highest BCUT2D eigenvalue weighted by molar-refractivity contribution is 5.74. The Labute approximate surface area is 61.8 Å². The second-order valence-corrected chi connectivity index (χ2v) is 4.11. The summed E-state index contributed by atoms with van der Waals surface area (Å²) in [4.78, 5) is 10.4. The van der Waals surface area contributed by atoms with E-state index in [0.29, 0.717) is 17.8 Å². The van der Waals surface area contributed by atoms with Crippen molar-refractivity contribution in [2.75, 3.05) is 0 Å². The van der Waals surface area contributed by atoms with Crippen molar-refractivity contribution in [2.24, 2.45) is 17.1 Å². The molecule has 0 aromatic rings. The maximum atomic E-state index is 10.4. The number of hydrogen-bond acceptors (Lipinski definition) is 1. The van der Waals surface area contributed by atoms with Crippen molar-refractivity contribution in [1.82, 2.24) is 0 Å². The molecule has 0 aliphatic heterocycles. The van der Waals surface area contributed by atoms with E-state index in [1.807, 2.05) is 0 Å². The molecule has 1 fully saturated rings. The largest absolute Gasteiger partial charge is 0.370 e. The van der Waals surface area contributed by atoms with Crippen LogP contribution in [0.25, 0.3) is 0 Å². The second kappa shape index (κ2) is 2.26. The van der Waals surface area contributed by atoms with E-state index in [4.69, 9.17) is 5.73 Å². The summed E-state index contributed by atoms with van der Waals surface area (Å²) in [5, 5.41) is 0. The predicted molar refractivity (Wildman–Crippen MR) is 40.3 cm³/mol. The summed E-state index contributed by atoms with van der Waals surface area (Å²) >= 11 is 0. The predicted octanol–water partition coefficient (Wildman–Crippen LogP) is 1.30. The van der Waals surface area contributed by atoms with Crippen LogP contribution in [0.4, 0.5) is 0 Å². The van der Waals surface area contributed by atoms with Gasteiger partial charge in [-0.2, -0.15) is 0 Å². The van der Waals surface area contributed by atoms with Crippen LogP contribution in [-0.4, -0.2) is 5.91 Å². The van der Waals surface area contributed by atoms with E-state index >= 15 is 0 Å². The van der Waals surface area contributed by atoms with E-state index < -0.39 is 0 Å². The Balaban J connectivity index is 2.21. The summed E-state index contributed by atoms with van der Waals surface area (Å²) in [6.45, 7) is 4.45. The van der Waals surface area contributed by atoms with Crippen LogP contribution < -0.4 is 5.73 Å². The molecule has 2 heteroatoms. The molecule has 0 heterocycles.